The van der Waals surface area contributed by atoms with Gasteiger partial charge in [-0.05, 0) is 56.2 Å². The predicted octanol–water partition coefficient (Wildman–Crippen LogP) is 3.32. The third-order valence-corrected chi connectivity index (χ3v) is 5.42. The van der Waals surface area contributed by atoms with Crippen LogP contribution in [0.1, 0.15) is 52.6 Å². The molecule has 2 atom stereocenters. The van der Waals surface area contributed by atoms with Crippen LogP contribution >= 0.6 is 0 Å². The lowest BCUT2D eigenvalue weighted by molar-refractivity contribution is 0.0636. The maximum Gasteiger partial charge on any atom is 0.261 e. The third kappa shape index (κ3) is 5.43. The summed E-state index contributed by atoms with van der Waals surface area (Å²) in [7, 11) is 1.62. The van der Waals surface area contributed by atoms with E-state index in [1.807, 2.05) is 49.4 Å². The maximum absolute atomic E-state index is 12.9. The second kappa shape index (κ2) is 10.7. The molecule has 7 heteroatoms. The molecule has 2 aromatic rings. The van der Waals surface area contributed by atoms with E-state index in [1.54, 1.807) is 31.4 Å². The molecule has 0 aliphatic carbocycles. The summed E-state index contributed by atoms with van der Waals surface area (Å²) < 4.78 is 5.38. The van der Waals surface area contributed by atoms with Gasteiger partial charge in [-0.1, -0.05) is 36.4 Å². The van der Waals surface area contributed by atoms with Gasteiger partial charge in [0.2, 0.25) is 0 Å². The largest absolute Gasteiger partial charge is 0.497 e. The highest BCUT2D eigenvalue weighted by atomic mass is 16.5. The number of hydrogen-bond donors (Lipinski definition) is 3. The zero-order chi connectivity index (χ0) is 23.1. The Labute approximate surface area is 188 Å². The van der Waals surface area contributed by atoms with Crippen LogP contribution in [-0.4, -0.2) is 36.4 Å². The number of carbonyl (C=O) groups is 2. The molecule has 0 bridgehead atoms. The molecule has 2 amide bonds. The quantitative estimate of drug-likeness (QED) is 0.230. The number of ether oxygens (including phenoxy) is 1. The first-order valence-electron chi connectivity index (χ1n) is 10.6. The molecule has 168 valence electrons. The number of fused-ring (bicyclic) bond motifs is 1. The summed E-state index contributed by atoms with van der Waals surface area (Å²) >= 11 is 0. The van der Waals surface area contributed by atoms with Crippen molar-refractivity contribution in [3.05, 3.63) is 89.1 Å². The fraction of sp³-hybridized carbons (Fsp3) is 0.280. The number of rotatable bonds is 10. The molecule has 2 aromatic carbocycles. The summed E-state index contributed by atoms with van der Waals surface area (Å²) in [4.78, 5) is 27.1. The van der Waals surface area contributed by atoms with E-state index in [0.29, 0.717) is 11.1 Å². The summed E-state index contributed by atoms with van der Waals surface area (Å²) in [6.45, 7) is 4.17. The van der Waals surface area contributed by atoms with Gasteiger partial charge in [-0.3, -0.25) is 20.3 Å². The summed E-state index contributed by atoms with van der Waals surface area (Å²) in [5.74, 6) is 5.56. The van der Waals surface area contributed by atoms with Gasteiger partial charge in [0.15, 0.2) is 0 Å². The van der Waals surface area contributed by atoms with E-state index in [0.717, 1.165) is 23.4 Å². The molecule has 4 N–H and O–H groups in total. The Morgan fingerprint density at radius 3 is 2.44 bits per heavy atom. The predicted molar refractivity (Wildman–Crippen MR) is 125 cm³/mol. The molecule has 0 saturated heterocycles. The molecule has 1 heterocycles. The fourth-order valence-electron chi connectivity index (χ4n) is 3.65. The fourth-order valence-corrected chi connectivity index (χ4v) is 3.65. The molecule has 1 aliphatic rings. The van der Waals surface area contributed by atoms with Gasteiger partial charge in [-0.15, -0.1) is 0 Å². The van der Waals surface area contributed by atoms with Crippen molar-refractivity contribution in [3.63, 3.8) is 0 Å². The van der Waals surface area contributed by atoms with Gasteiger partial charge < -0.3 is 15.5 Å². The number of allylic oxidation sites excluding steroid dienone is 3. The molecular weight excluding hydrogens is 404 g/mol. The second-order valence-corrected chi connectivity index (χ2v) is 7.82. The van der Waals surface area contributed by atoms with E-state index in [-0.39, 0.29) is 30.4 Å². The van der Waals surface area contributed by atoms with E-state index < -0.39 is 0 Å². The van der Waals surface area contributed by atoms with E-state index in [1.165, 1.54) is 4.90 Å². The molecule has 1 aliphatic heterocycles. The van der Waals surface area contributed by atoms with Gasteiger partial charge >= 0.3 is 0 Å². The van der Waals surface area contributed by atoms with Crippen molar-refractivity contribution in [2.75, 3.05) is 13.7 Å². The minimum Gasteiger partial charge on any atom is -0.497 e. The van der Waals surface area contributed by atoms with Crippen LogP contribution in [-0.2, 0) is 0 Å². The van der Waals surface area contributed by atoms with Crippen LogP contribution in [0.15, 0.2) is 72.5 Å². The van der Waals surface area contributed by atoms with Crippen molar-refractivity contribution >= 4 is 11.8 Å². The molecule has 0 saturated carbocycles. The minimum atomic E-state index is -0.261. The zero-order valence-corrected chi connectivity index (χ0v) is 18.7. The van der Waals surface area contributed by atoms with Gasteiger partial charge in [0.25, 0.3) is 11.8 Å². The average molecular weight is 435 g/mol. The Morgan fingerprint density at radius 1 is 1.12 bits per heavy atom. The maximum atomic E-state index is 12.9. The zero-order valence-electron chi connectivity index (χ0n) is 18.7. The second-order valence-electron chi connectivity index (χ2n) is 7.82. The van der Waals surface area contributed by atoms with Gasteiger partial charge in [0, 0.05) is 18.3 Å². The Hall–Kier alpha value is -3.42. The monoisotopic (exact) mass is 434 g/mol. The minimum absolute atomic E-state index is 0.0946. The standard InChI is InChI=1S/C25H30N4O3/c1-17(9-4-5-10-18(2)28-26)27-23(19-11-8-12-20(15-19)32-3)16-29-24(30)21-13-6-7-14-22(21)25(29)31/h4-8,10-15,17,23,27-28H,9,16,26H2,1-3H3/b5-4-,18-10+/t17-,23?/m1/s1. The number of benzene rings is 2. The summed E-state index contributed by atoms with van der Waals surface area (Å²) in [6, 6.07) is 14.5. The van der Waals surface area contributed by atoms with Crippen molar-refractivity contribution in [2.24, 2.45) is 5.84 Å². The number of hydrogen-bond acceptors (Lipinski definition) is 6. The highest BCUT2D eigenvalue weighted by Crippen LogP contribution is 2.27. The van der Waals surface area contributed by atoms with E-state index in [4.69, 9.17) is 10.6 Å². The molecule has 7 nitrogen and oxygen atoms in total. The lowest BCUT2D eigenvalue weighted by Crippen LogP contribution is -2.41. The van der Waals surface area contributed by atoms with E-state index in [2.05, 4.69) is 17.7 Å². The Bertz CT molecular complexity index is 996. The van der Waals surface area contributed by atoms with Gasteiger partial charge in [0.1, 0.15) is 5.75 Å². The third-order valence-electron chi connectivity index (χ3n) is 5.42. The first kappa shape index (κ1) is 23.2. The van der Waals surface area contributed by atoms with Crippen molar-refractivity contribution in [2.45, 2.75) is 32.4 Å². The van der Waals surface area contributed by atoms with Crippen LogP contribution in [0.4, 0.5) is 0 Å². The van der Waals surface area contributed by atoms with E-state index >= 15 is 0 Å². The van der Waals surface area contributed by atoms with Crippen LogP contribution in [0.2, 0.25) is 0 Å². The molecule has 32 heavy (non-hydrogen) atoms. The van der Waals surface area contributed by atoms with Crippen molar-refractivity contribution in [1.29, 1.82) is 0 Å². The highest BCUT2D eigenvalue weighted by Gasteiger charge is 2.36. The van der Waals surface area contributed by atoms with Gasteiger partial charge in [-0.25, -0.2) is 0 Å². The number of nitrogens with two attached hydrogens (primary N) is 1. The number of hydrazine groups is 1. The summed E-state index contributed by atoms with van der Waals surface area (Å²) in [5, 5.41) is 3.57. The van der Waals surface area contributed by atoms with Crippen LogP contribution in [0.5, 0.6) is 5.75 Å². The Kier molecular flexibility index (Phi) is 7.81. The molecule has 0 spiro atoms. The topological polar surface area (TPSA) is 96.7 Å². The SMILES string of the molecule is COc1cccc(C(CN2C(=O)c3ccccc3C2=O)N[C@H](C)C/C=C\C=C(/C)NN)c1. The van der Waals surface area contributed by atoms with Crippen molar-refractivity contribution < 1.29 is 14.3 Å². The van der Waals surface area contributed by atoms with Crippen molar-refractivity contribution in [1.82, 2.24) is 15.6 Å². The molecule has 0 fully saturated rings. The van der Waals surface area contributed by atoms with Crippen molar-refractivity contribution in [3.8, 4) is 5.75 Å². The van der Waals surface area contributed by atoms with Gasteiger partial charge in [-0.2, -0.15) is 0 Å². The first-order valence-corrected chi connectivity index (χ1v) is 10.6. The van der Waals surface area contributed by atoms with E-state index in [9.17, 15) is 9.59 Å². The normalized spacial score (nSPS) is 15.8. The number of nitrogens with one attached hydrogen (secondary N) is 2. The lowest BCUT2D eigenvalue weighted by atomic mass is 10.0. The number of carbonyl (C=O) groups excluding carboxylic acids is 2. The number of amides is 2. The van der Waals surface area contributed by atoms with Gasteiger partial charge in [0.05, 0.1) is 24.3 Å². The first-order chi connectivity index (χ1) is 15.4. The smallest absolute Gasteiger partial charge is 0.261 e. The van der Waals surface area contributed by atoms with Crippen LogP contribution < -0.4 is 21.3 Å². The lowest BCUT2D eigenvalue weighted by Gasteiger charge is -2.27. The number of nitrogens with zero attached hydrogens (tertiary/aromatic N) is 1. The summed E-state index contributed by atoms with van der Waals surface area (Å²) in [6.07, 6.45) is 6.64. The number of methoxy groups -OCH3 is 1. The molecule has 0 radical (unpaired) electrons. The Morgan fingerprint density at radius 2 is 1.81 bits per heavy atom. The molecular formula is C25H30N4O3. The molecule has 3 rings (SSSR count). The summed E-state index contributed by atoms with van der Waals surface area (Å²) in [5.41, 5.74) is 5.30. The molecule has 1 unspecified atom stereocenters. The molecule has 0 aromatic heterocycles. The highest BCUT2D eigenvalue weighted by molar-refractivity contribution is 6.21. The Balaban J connectivity index is 1.79. The van der Waals surface area contributed by atoms with Crippen LogP contribution in [0, 0.1) is 0 Å². The average Bonchev–Trinajstić information content (AvgIpc) is 3.06. The van der Waals surface area contributed by atoms with Crippen LogP contribution in [0.25, 0.3) is 0 Å². The van der Waals surface area contributed by atoms with Crippen LogP contribution in [0.3, 0.4) is 0 Å². The number of imide groups is 1.